The van der Waals surface area contributed by atoms with Gasteiger partial charge in [0.1, 0.15) is 12.1 Å². The molecule has 0 fully saturated rings. The first-order chi connectivity index (χ1) is 9.32. The molecule has 1 N–H and O–H groups in total. The van der Waals surface area contributed by atoms with Crippen molar-refractivity contribution in [3.05, 3.63) is 40.5 Å². The van der Waals surface area contributed by atoms with Crippen LogP contribution in [0, 0.1) is 40.5 Å². The smallest absolute Gasteiger partial charge is 0.286 e. The summed E-state index contributed by atoms with van der Waals surface area (Å²) in [5.41, 5.74) is -5.36. The van der Waals surface area contributed by atoms with Crippen LogP contribution in [-0.4, -0.2) is 43.1 Å². The van der Waals surface area contributed by atoms with Crippen LogP contribution in [0.3, 0.4) is 0 Å². The van der Waals surface area contributed by atoms with Gasteiger partial charge in [0.2, 0.25) is 0 Å². The van der Waals surface area contributed by atoms with E-state index < -0.39 is 43.1 Å². The Morgan fingerprint density at radius 3 is 1.05 bits per heavy atom. The molecule has 0 aliphatic heterocycles. The lowest BCUT2D eigenvalue weighted by molar-refractivity contribution is -0.802. The molecule has 0 amide bonds. The molecular weight excluding hydrogens is 294 g/mol. The first-order valence-electron chi connectivity index (χ1n) is 5.66. The van der Waals surface area contributed by atoms with E-state index in [9.17, 15) is 40.5 Å². The van der Waals surface area contributed by atoms with Gasteiger partial charge in [-0.1, -0.05) is 0 Å². The Hall–Kier alpha value is -2.44. The molecule has 21 heavy (non-hydrogen) atoms. The Kier molecular flexibility index (Phi) is 5.22. The number of hydrogen-bond acceptors (Lipinski definition) is 9. The average Bonchev–Trinajstić information content (AvgIpc) is 2.34. The fraction of sp³-hybridized carbons (Fsp3) is 1.00. The quantitative estimate of drug-likeness (QED) is 0.362. The highest BCUT2D eigenvalue weighted by molar-refractivity contribution is 4.84. The van der Waals surface area contributed by atoms with Crippen molar-refractivity contribution in [3.8, 4) is 0 Å². The fourth-order valence-electron chi connectivity index (χ4n) is 1.46. The van der Waals surface area contributed by atoms with E-state index in [0.29, 0.717) is 13.8 Å². The van der Waals surface area contributed by atoms with Gasteiger partial charge in [0.15, 0.2) is 0 Å². The predicted octanol–water partition coefficient (Wildman–Crippen LogP) is -0.108. The predicted molar refractivity (Wildman–Crippen MR) is 66.8 cm³/mol. The minimum atomic E-state index is -2.68. The number of nitro groups is 4. The van der Waals surface area contributed by atoms with Gasteiger partial charge in [-0.3, -0.25) is 45.8 Å². The van der Waals surface area contributed by atoms with Crippen molar-refractivity contribution in [1.82, 2.24) is 5.32 Å². The molecule has 0 aromatic carbocycles. The van der Waals surface area contributed by atoms with E-state index >= 15 is 0 Å². The molecule has 0 aromatic rings. The molecule has 2 atom stereocenters. The van der Waals surface area contributed by atoms with Crippen LogP contribution in [0.15, 0.2) is 0 Å². The topological polar surface area (TPSA) is 185 Å². The number of hydrogen-bond donors (Lipinski definition) is 1. The SMILES string of the molecule is CC(NC(C)C(C)([N+](=O)[O-])[N+](=O)[O-])C(C)([N+](=O)[O-])[N+](=O)[O-]. The van der Waals surface area contributed by atoms with E-state index in [1.54, 1.807) is 0 Å². The second-order valence-electron chi connectivity index (χ2n) is 4.83. The molecule has 2 unspecified atom stereocenters. The molecule has 0 aromatic heterocycles. The Morgan fingerprint density at radius 2 is 0.905 bits per heavy atom. The van der Waals surface area contributed by atoms with Crippen LogP contribution in [-0.2, 0) is 0 Å². The van der Waals surface area contributed by atoms with E-state index in [1.807, 2.05) is 0 Å². The van der Waals surface area contributed by atoms with Crippen LogP contribution in [0.1, 0.15) is 27.7 Å². The minimum Gasteiger partial charge on any atom is -0.286 e. The van der Waals surface area contributed by atoms with Gasteiger partial charge in [0.25, 0.3) is 0 Å². The van der Waals surface area contributed by atoms with Crippen LogP contribution in [0.25, 0.3) is 0 Å². The Labute approximate surface area is 117 Å². The number of rotatable bonds is 8. The zero-order valence-electron chi connectivity index (χ0n) is 11.7. The lowest BCUT2D eigenvalue weighted by Gasteiger charge is -2.26. The Bertz CT molecular complexity index is 409. The molecule has 0 saturated heterocycles. The van der Waals surface area contributed by atoms with Crippen molar-refractivity contribution in [2.45, 2.75) is 51.1 Å². The molecule has 0 spiro atoms. The molecule has 0 heterocycles. The van der Waals surface area contributed by atoms with E-state index in [0.717, 1.165) is 13.8 Å². The van der Waals surface area contributed by atoms with Gasteiger partial charge in [0.05, 0.1) is 33.5 Å². The summed E-state index contributed by atoms with van der Waals surface area (Å²) in [5.74, 6) is 0. The standard InChI is InChI=1S/C8H15N5O8/c1-5(7(3,10(14)15)11(16)17)9-6(2)8(4,12(18)19)13(20)21/h5-6,9H,1-4H3. The van der Waals surface area contributed by atoms with Crippen LogP contribution in [0.5, 0.6) is 0 Å². The van der Waals surface area contributed by atoms with Crippen LogP contribution in [0.4, 0.5) is 0 Å². The molecule has 0 radical (unpaired) electrons. The lowest BCUT2D eigenvalue weighted by Crippen LogP contribution is -2.65. The van der Waals surface area contributed by atoms with Gasteiger partial charge in [0, 0.05) is 0 Å². The van der Waals surface area contributed by atoms with E-state index in [2.05, 4.69) is 5.32 Å². The average molecular weight is 309 g/mol. The summed E-state index contributed by atoms with van der Waals surface area (Å²) in [7, 11) is 0. The van der Waals surface area contributed by atoms with Gasteiger partial charge < -0.3 is 0 Å². The largest absolute Gasteiger partial charge is 0.470 e. The van der Waals surface area contributed by atoms with Crippen molar-refractivity contribution >= 4 is 0 Å². The van der Waals surface area contributed by atoms with Crippen molar-refractivity contribution in [3.63, 3.8) is 0 Å². The van der Waals surface area contributed by atoms with E-state index in [1.165, 1.54) is 0 Å². The third-order valence-corrected chi connectivity index (χ3v) is 3.62. The van der Waals surface area contributed by atoms with Crippen molar-refractivity contribution in [1.29, 1.82) is 0 Å². The Balaban J connectivity index is 5.46. The molecule has 0 bridgehead atoms. The third kappa shape index (κ3) is 3.01. The minimum absolute atomic E-state index is 0.715. The van der Waals surface area contributed by atoms with Gasteiger partial charge >= 0.3 is 11.3 Å². The highest BCUT2D eigenvalue weighted by Gasteiger charge is 2.61. The first kappa shape index (κ1) is 18.6. The summed E-state index contributed by atoms with van der Waals surface area (Å²) in [6.45, 7) is 3.55. The third-order valence-electron chi connectivity index (χ3n) is 3.62. The summed E-state index contributed by atoms with van der Waals surface area (Å²) in [6.07, 6.45) is 0. The summed E-state index contributed by atoms with van der Waals surface area (Å²) in [6, 6.07) is -2.98. The van der Waals surface area contributed by atoms with Crippen molar-refractivity contribution in [2.24, 2.45) is 0 Å². The second kappa shape index (κ2) is 5.90. The molecule has 0 rings (SSSR count). The monoisotopic (exact) mass is 309 g/mol. The zero-order valence-corrected chi connectivity index (χ0v) is 11.7. The van der Waals surface area contributed by atoms with Crippen LogP contribution < -0.4 is 5.32 Å². The molecule has 120 valence electrons. The van der Waals surface area contributed by atoms with Crippen LogP contribution >= 0.6 is 0 Å². The summed E-state index contributed by atoms with van der Waals surface area (Å²) in [5, 5.41) is 45.7. The number of nitrogens with zero attached hydrogens (tertiary/aromatic N) is 4. The first-order valence-corrected chi connectivity index (χ1v) is 5.66. The molecule has 0 aliphatic rings. The summed E-state index contributed by atoms with van der Waals surface area (Å²) < 4.78 is 0. The normalized spacial score (nSPS) is 15.0. The highest BCUT2D eigenvalue weighted by atomic mass is 16.7. The molecular formula is C8H15N5O8. The maximum atomic E-state index is 10.9. The fourth-order valence-corrected chi connectivity index (χ4v) is 1.46. The van der Waals surface area contributed by atoms with Crippen LogP contribution in [0.2, 0.25) is 0 Å². The van der Waals surface area contributed by atoms with Gasteiger partial charge in [-0.25, -0.2) is 0 Å². The Morgan fingerprint density at radius 1 is 0.714 bits per heavy atom. The zero-order chi connectivity index (χ0) is 17.2. The van der Waals surface area contributed by atoms with Gasteiger partial charge in [-0.2, -0.15) is 0 Å². The van der Waals surface area contributed by atoms with E-state index in [4.69, 9.17) is 0 Å². The number of nitrogens with one attached hydrogen (secondary N) is 1. The highest BCUT2D eigenvalue weighted by Crippen LogP contribution is 2.20. The maximum Gasteiger partial charge on any atom is 0.470 e. The maximum absolute atomic E-state index is 10.9. The van der Waals surface area contributed by atoms with E-state index in [-0.39, 0.29) is 0 Å². The molecule has 13 heteroatoms. The summed E-state index contributed by atoms with van der Waals surface area (Å²) >= 11 is 0. The summed E-state index contributed by atoms with van der Waals surface area (Å²) in [4.78, 5) is 38.8. The molecule has 0 saturated carbocycles. The van der Waals surface area contributed by atoms with Gasteiger partial charge in [-0.15, -0.1) is 0 Å². The van der Waals surface area contributed by atoms with Crippen molar-refractivity contribution < 1.29 is 19.7 Å². The van der Waals surface area contributed by atoms with Crippen molar-refractivity contribution in [2.75, 3.05) is 0 Å². The molecule has 0 aliphatic carbocycles. The van der Waals surface area contributed by atoms with Gasteiger partial charge in [-0.05, 0) is 13.8 Å². The second-order valence-corrected chi connectivity index (χ2v) is 4.83. The lowest BCUT2D eigenvalue weighted by atomic mass is 10.00. The molecule has 13 nitrogen and oxygen atoms in total.